The highest BCUT2D eigenvalue weighted by molar-refractivity contribution is 6.11. The van der Waals surface area contributed by atoms with Crippen LogP contribution in [0.1, 0.15) is 39.2 Å². The lowest BCUT2D eigenvalue weighted by Gasteiger charge is -2.13. The van der Waals surface area contributed by atoms with Crippen molar-refractivity contribution in [3.05, 3.63) is 98.0 Å². The Balaban J connectivity index is 1.62. The molecule has 3 heterocycles. The number of primary amides is 1. The van der Waals surface area contributed by atoms with E-state index in [1.54, 1.807) is 74.1 Å². The molecule has 0 saturated carbocycles. The first-order valence-corrected chi connectivity index (χ1v) is 12.2. The van der Waals surface area contributed by atoms with E-state index in [-0.39, 0.29) is 22.4 Å². The molecule has 0 spiro atoms. The predicted molar refractivity (Wildman–Crippen MR) is 146 cm³/mol. The molecule has 0 unspecified atom stereocenters. The van der Waals surface area contributed by atoms with E-state index in [1.807, 2.05) is 6.92 Å². The van der Waals surface area contributed by atoms with Crippen LogP contribution >= 0.6 is 0 Å². The van der Waals surface area contributed by atoms with Crippen LogP contribution in [0.25, 0.3) is 27.7 Å². The fraction of sp³-hybridized carbons (Fsp3) is 0.179. The highest BCUT2D eigenvalue weighted by atomic mass is 16.5. The summed E-state index contributed by atoms with van der Waals surface area (Å²) in [6, 6.07) is 14.9. The molecule has 2 aromatic carbocycles. The van der Waals surface area contributed by atoms with Crippen molar-refractivity contribution in [3.8, 4) is 16.8 Å². The summed E-state index contributed by atoms with van der Waals surface area (Å²) < 4.78 is 9.74. The summed E-state index contributed by atoms with van der Waals surface area (Å²) in [4.78, 5) is 55.5. The number of amides is 2. The highest BCUT2D eigenvalue weighted by Gasteiger charge is 2.23. The molecule has 39 heavy (non-hydrogen) atoms. The Hall–Kier alpha value is -5.19. The minimum Gasteiger partial charge on any atom is -0.381 e. The van der Waals surface area contributed by atoms with Gasteiger partial charge in [0.1, 0.15) is 11.3 Å². The lowest BCUT2D eigenvalue weighted by atomic mass is 10.1. The van der Waals surface area contributed by atoms with Crippen LogP contribution in [0.4, 0.5) is 5.69 Å². The summed E-state index contributed by atoms with van der Waals surface area (Å²) in [5.74, 6) is -0.659. The molecule has 5 aromatic rings. The molecule has 0 aliphatic carbocycles. The molecule has 3 N–H and O–H groups in total. The number of nitrogens with one attached hydrogen (secondary N) is 1. The van der Waals surface area contributed by atoms with Crippen molar-refractivity contribution < 1.29 is 14.1 Å². The van der Waals surface area contributed by atoms with E-state index in [9.17, 15) is 19.2 Å². The molecular formula is C28H26N6O5. The van der Waals surface area contributed by atoms with E-state index in [4.69, 9.17) is 10.3 Å². The third-order valence-electron chi connectivity index (χ3n) is 6.49. The van der Waals surface area contributed by atoms with Crippen LogP contribution in [-0.2, 0) is 13.6 Å². The quantitative estimate of drug-likeness (QED) is 0.347. The maximum absolute atomic E-state index is 13.6. The van der Waals surface area contributed by atoms with Crippen molar-refractivity contribution >= 4 is 28.4 Å². The topological polar surface area (TPSA) is 147 Å². The van der Waals surface area contributed by atoms with E-state index in [0.717, 1.165) is 0 Å². The van der Waals surface area contributed by atoms with Gasteiger partial charge in [-0.2, -0.15) is 4.74 Å². The smallest absolute Gasteiger partial charge is 0.290 e. The number of fused-ring (bicyclic) bond motifs is 1. The van der Waals surface area contributed by atoms with Gasteiger partial charge in [0.2, 0.25) is 5.91 Å². The Bertz CT molecular complexity index is 1890. The van der Waals surface area contributed by atoms with Gasteiger partial charge in [-0.05, 0) is 62.7 Å². The van der Waals surface area contributed by atoms with Crippen molar-refractivity contribution in [2.45, 2.75) is 27.3 Å². The lowest BCUT2D eigenvalue weighted by molar-refractivity contribution is 0.0995. The predicted octanol–water partition coefficient (Wildman–Crippen LogP) is 3.13. The number of nitrogens with two attached hydrogens (primary N) is 1. The van der Waals surface area contributed by atoms with Gasteiger partial charge in [0.25, 0.3) is 17.0 Å². The monoisotopic (exact) mass is 526 g/mol. The second-order valence-corrected chi connectivity index (χ2v) is 9.11. The van der Waals surface area contributed by atoms with Crippen molar-refractivity contribution in [2.24, 2.45) is 12.8 Å². The van der Waals surface area contributed by atoms with Gasteiger partial charge in [-0.15, -0.1) is 0 Å². The minimum atomic E-state index is -0.617. The average molecular weight is 527 g/mol. The minimum absolute atomic E-state index is 0.0707. The van der Waals surface area contributed by atoms with Gasteiger partial charge in [0.15, 0.2) is 5.69 Å². The molecule has 11 heteroatoms. The second kappa shape index (κ2) is 9.60. The number of hydrogen-bond donors (Lipinski definition) is 2. The van der Waals surface area contributed by atoms with Crippen LogP contribution in [0.3, 0.4) is 0 Å². The van der Waals surface area contributed by atoms with Gasteiger partial charge in [0, 0.05) is 30.5 Å². The van der Waals surface area contributed by atoms with Crippen molar-refractivity contribution in [3.63, 3.8) is 0 Å². The van der Waals surface area contributed by atoms with Crippen molar-refractivity contribution in [1.29, 1.82) is 0 Å². The van der Waals surface area contributed by atoms with Crippen molar-refractivity contribution in [2.75, 3.05) is 5.32 Å². The number of aryl methyl sites for hydroxylation is 4. The SMILES string of the molecule is CCn1c2c(C(=O)Nc3cccc(C(N)=O)c3)nc(C)cc2c(=O)n1-c1ccc(-c2c(C)on(C)c2=O)cc1. The molecule has 0 atom stereocenters. The number of pyridine rings is 1. The molecule has 198 valence electrons. The average Bonchev–Trinajstić information content (AvgIpc) is 3.34. The van der Waals surface area contributed by atoms with Gasteiger partial charge in [-0.1, -0.05) is 18.2 Å². The first-order valence-electron chi connectivity index (χ1n) is 12.2. The molecule has 0 radical (unpaired) electrons. The second-order valence-electron chi connectivity index (χ2n) is 9.11. The van der Waals surface area contributed by atoms with Crippen LogP contribution < -0.4 is 22.2 Å². The fourth-order valence-electron chi connectivity index (χ4n) is 4.77. The van der Waals surface area contributed by atoms with Gasteiger partial charge in [-0.25, -0.2) is 9.67 Å². The number of hydrogen-bond acceptors (Lipinski definition) is 6. The first kappa shape index (κ1) is 25.5. The van der Waals surface area contributed by atoms with Crippen LogP contribution in [0.5, 0.6) is 0 Å². The van der Waals surface area contributed by atoms with E-state index in [1.165, 1.54) is 15.5 Å². The van der Waals surface area contributed by atoms with E-state index >= 15 is 0 Å². The first-order chi connectivity index (χ1) is 18.6. The molecule has 5 rings (SSSR count). The summed E-state index contributed by atoms with van der Waals surface area (Å²) in [5, 5.41) is 3.09. The summed E-state index contributed by atoms with van der Waals surface area (Å²) >= 11 is 0. The number of aromatic nitrogens is 4. The van der Waals surface area contributed by atoms with E-state index in [2.05, 4.69) is 10.3 Å². The molecule has 0 bridgehead atoms. The summed E-state index contributed by atoms with van der Waals surface area (Å²) in [5.41, 5.74) is 8.02. The third-order valence-corrected chi connectivity index (χ3v) is 6.49. The number of rotatable bonds is 6. The highest BCUT2D eigenvalue weighted by Crippen LogP contribution is 2.24. The maximum atomic E-state index is 13.6. The Kier molecular flexibility index (Phi) is 6.27. The lowest BCUT2D eigenvalue weighted by Crippen LogP contribution is -2.21. The van der Waals surface area contributed by atoms with E-state index in [0.29, 0.717) is 51.4 Å². The van der Waals surface area contributed by atoms with Gasteiger partial charge < -0.3 is 15.6 Å². The molecule has 2 amide bonds. The van der Waals surface area contributed by atoms with Crippen LogP contribution in [0.2, 0.25) is 0 Å². The molecule has 0 fully saturated rings. The van der Waals surface area contributed by atoms with Gasteiger partial charge in [0.05, 0.1) is 16.6 Å². The molecule has 3 aromatic heterocycles. The third kappa shape index (κ3) is 4.33. The Morgan fingerprint density at radius 3 is 2.36 bits per heavy atom. The number of benzene rings is 2. The normalized spacial score (nSPS) is 11.2. The molecule has 0 aliphatic heterocycles. The zero-order chi connectivity index (χ0) is 28.0. The number of carbonyl (C=O) groups excluding carboxylic acids is 2. The molecular weight excluding hydrogens is 500 g/mol. The largest absolute Gasteiger partial charge is 0.381 e. The zero-order valence-electron chi connectivity index (χ0n) is 21.8. The standard InChI is InChI=1S/C28H26N6O5/c1-5-33-24-21(13-15(2)30-23(24)26(36)31-19-8-6-7-18(14-19)25(29)35)27(37)34(33)20-11-9-17(10-12-20)22-16(3)39-32(4)28(22)38/h6-14H,5H2,1-4H3,(H2,29,35)(H,31,36). The zero-order valence-corrected chi connectivity index (χ0v) is 21.8. The van der Waals surface area contributed by atoms with Gasteiger partial charge in [-0.3, -0.25) is 23.9 Å². The summed E-state index contributed by atoms with van der Waals surface area (Å²) in [6.45, 7) is 5.65. The molecule has 11 nitrogen and oxygen atoms in total. The van der Waals surface area contributed by atoms with Crippen LogP contribution in [0, 0.1) is 13.8 Å². The van der Waals surface area contributed by atoms with Crippen molar-refractivity contribution in [1.82, 2.24) is 19.1 Å². The Morgan fingerprint density at radius 2 is 1.74 bits per heavy atom. The maximum Gasteiger partial charge on any atom is 0.290 e. The number of carbonyl (C=O) groups is 2. The van der Waals surface area contributed by atoms with E-state index < -0.39 is 11.8 Å². The Labute approximate surface area is 222 Å². The summed E-state index contributed by atoms with van der Waals surface area (Å²) in [6.07, 6.45) is 0. The molecule has 0 saturated heterocycles. The van der Waals surface area contributed by atoms with Crippen LogP contribution in [-0.4, -0.2) is 30.9 Å². The number of anilines is 1. The fourth-order valence-corrected chi connectivity index (χ4v) is 4.77. The molecule has 0 aliphatic rings. The van der Waals surface area contributed by atoms with Crippen LogP contribution in [0.15, 0.2) is 68.7 Å². The number of nitrogens with zero attached hydrogens (tertiary/aromatic N) is 4. The van der Waals surface area contributed by atoms with Gasteiger partial charge >= 0.3 is 0 Å². The summed E-state index contributed by atoms with van der Waals surface area (Å²) in [7, 11) is 1.55. The Morgan fingerprint density at radius 1 is 1.03 bits per heavy atom.